The molecule has 9 heteroatoms. The summed E-state index contributed by atoms with van der Waals surface area (Å²) in [5.41, 5.74) is 1.90. The molecule has 1 aromatic heterocycles. The molecule has 6 nitrogen and oxygen atoms in total. The van der Waals surface area contributed by atoms with Gasteiger partial charge in [-0.2, -0.15) is 13.2 Å². The predicted molar refractivity (Wildman–Crippen MR) is 121 cm³/mol. The first kappa shape index (κ1) is 22.6. The molecule has 178 valence electrons. The summed E-state index contributed by atoms with van der Waals surface area (Å²) >= 11 is 0. The molecule has 0 spiro atoms. The van der Waals surface area contributed by atoms with Crippen molar-refractivity contribution in [2.75, 3.05) is 24.5 Å². The minimum atomic E-state index is -4.45. The van der Waals surface area contributed by atoms with Crippen LogP contribution in [0.1, 0.15) is 23.1 Å². The van der Waals surface area contributed by atoms with Crippen LogP contribution in [0.5, 0.6) is 11.6 Å². The van der Waals surface area contributed by atoms with E-state index < -0.39 is 17.8 Å². The summed E-state index contributed by atoms with van der Waals surface area (Å²) in [6.45, 7) is 2.85. The summed E-state index contributed by atoms with van der Waals surface area (Å²) in [4.78, 5) is 12.6. The fraction of sp³-hybridized carbons (Fsp3) is 0.360. The van der Waals surface area contributed by atoms with Crippen molar-refractivity contribution < 1.29 is 23.0 Å². The van der Waals surface area contributed by atoms with Gasteiger partial charge in [0, 0.05) is 38.3 Å². The average molecular weight is 470 g/mol. The summed E-state index contributed by atoms with van der Waals surface area (Å²) in [5, 5.41) is 10.9. The van der Waals surface area contributed by atoms with Crippen LogP contribution in [0.3, 0.4) is 0 Å². The Hall–Kier alpha value is -3.17. The fourth-order valence-corrected chi connectivity index (χ4v) is 4.77. The third-order valence-corrected chi connectivity index (χ3v) is 6.51. The SMILES string of the molecule is OC1CN(c2cc(Oc3cccc(C(F)(F)F)c3)ncn2)CCC1N1CCc2ccccc2C1. The van der Waals surface area contributed by atoms with Gasteiger partial charge in [0.1, 0.15) is 17.9 Å². The maximum Gasteiger partial charge on any atom is 0.416 e. The zero-order valence-corrected chi connectivity index (χ0v) is 18.4. The molecule has 0 aliphatic carbocycles. The number of piperidine rings is 1. The third-order valence-electron chi connectivity index (χ3n) is 6.51. The number of rotatable bonds is 4. The van der Waals surface area contributed by atoms with Gasteiger partial charge in [-0.1, -0.05) is 30.3 Å². The normalized spacial score (nSPS) is 21.2. The molecular formula is C25H25F3N4O2. The Bertz CT molecular complexity index is 1160. The van der Waals surface area contributed by atoms with Crippen LogP contribution in [0.25, 0.3) is 0 Å². The third kappa shape index (κ3) is 4.85. The smallest absolute Gasteiger partial charge is 0.416 e. The van der Waals surface area contributed by atoms with E-state index in [4.69, 9.17) is 4.74 Å². The maximum atomic E-state index is 13.0. The number of anilines is 1. The van der Waals surface area contributed by atoms with Gasteiger partial charge < -0.3 is 14.7 Å². The van der Waals surface area contributed by atoms with E-state index in [2.05, 4.69) is 39.1 Å². The van der Waals surface area contributed by atoms with Crippen molar-refractivity contribution in [3.8, 4) is 11.6 Å². The number of β-amino-alcohol motifs (C(OH)–C–C–N with tert-alkyl or cyclic N) is 1. The molecule has 1 N–H and O–H groups in total. The number of benzene rings is 2. The van der Waals surface area contributed by atoms with E-state index in [0.717, 1.165) is 38.1 Å². The second-order valence-electron chi connectivity index (χ2n) is 8.70. The Balaban J connectivity index is 1.24. The highest BCUT2D eigenvalue weighted by molar-refractivity contribution is 5.43. The molecule has 34 heavy (non-hydrogen) atoms. The molecule has 3 heterocycles. The van der Waals surface area contributed by atoms with Crippen molar-refractivity contribution in [2.24, 2.45) is 0 Å². The summed E-state index contributed by atoms with van der Waals surface area (Å²) in [5.74, 6) is 0.760. The van der Waals surface area contributed by atoms with Crippen molar-refractivity contribution in [2.45, 2.75) is 37.7 Å². The first-order valence-electron chi connectivity index (χ1n) is 11.3. The van der Waals surface area contributed by atoms with Crippen molar-refractivity contribution >= 4 is 5.82 Å². The lowest BCUT2D eigenvalue weighted by Gasteiger charge is -2.43. The lowest BCUT2D eigenvalue weighted by Crippen LogP contribution is -2.55. The molecule has 5 rings (SSSR count). The first-order valence-corrected chi connectivity index (χ1v) is 11.3. The number of aromatic nitrogens is 2. The highest BCUT2D eigenvalue weighted by Crippen LogP contribution is 2.33. The Morgan fingerprint density at radius 1 is 0.971 bits per heavy atom. The van der Waals surface area contributed by atoms with Crippen LogP contribution < -0.4 is 9.64 Å². The number of hydrogen-bond acceptors (Lipinski definition) is 6. The second-order valence-corrected chi connectivity index (χ2v) is 8.70. The molecule has 2 atom stereocenters. The highest BCUT2D eigenvalue weighted by atomic mass is 19.4. The maximum absolute atomic E-state index is 13.0. The quantitative estimate of drug-likeness (QED) is 0.614. The van der Waals surface area contributed by atoms with Crippen LogP contribution in [0.2, 0.25) is 0 Å². The van der Waals surface area contributed by atoms with Gasteiger partial charge >= 0.3 is 6.18 Å². The molecule has 2 aromatic carbocycles. The molecule has 1 saturated heterocycles. The number of aliphatic hydroxyl groups is 1. The van der Waals surface area contributed by atoms with E-state index in [0.29, 0.717) is 18.9 Å². The minimum Gasteiger partial charge on any atom is -0.439 e. The molecule has 1 fully saturated rings. The van der Waals surface area contributed by atoms with Crippen molar-refractivity contribution in [1.82, 2.24) is 14.9 Å². The summed E-state index contributed by atoms with van der Waals surface area (Å²) in [6, 6.07) is 14.7. The largest absolute Gasteiger partial charge is 0.439 e. The zero-order valence-electron chi connectivity index (χ0n) is 18.4. The van der Waals surface area contributed by atoms with Crippen LogP contribution in [0.15, 0.2) is 60.9 Å². The molecule has 0 bridgehead atoms. The summed E-state index contributed by atoms with van der Waals surface area (Å²) in [7, 11) is 0. The van der Waals surface area contributed by atoms with E-state index in [1.54, 1.807) is 6.07 Å². The lowest BCUT2D eigenvalue weighted by atomic mass is 9.94. The number of halogens is 3. The van der Waals surface area contributed by atoms with Crippen molar-refractivity contribution in [3.63, 3.8) is 0 Å². The molecule has 2 aliphatic heterocycles. The summed E-state index contributed by atoms with van der Waals surface area (Å²) < 4.78 is 44.5. The van der Waals surface area contributed by atoms with Gasteiger partial charge in [0.15, 0.2) is 0 Å². The number of fused-ring (bicyclic) bond motifs is 1. The van der Waals surface area contributed by atoms with Crippen LogP contribution in [-0.4, -0.2) is 51.8 Å². The first-order chi connectivity index (χ1) is 16.4. The number of nitrogens with zero attached hydrogens (tertiary/aromatic N) is 4. The Morgan fingerprint density at radius 2 is 1.79 bits per heavy atom. The standard InChI is InChI=1S/C25H25F3N4O2/c26-25(27,28)19-6-3-7-20(12-19)34-24-13-23(29-16-30-24)32-11-9-21(22(33)15-32)31-10-8-17-4-1-2-5-18(17)14-31/h1-7,12-13,16,21-22,33H,8-11,14-15H2. The van der Waals surface area contributed by atoms with Gasteiger partial charge in [0.25, 0.3) is 0 Å². The Morgan fingerprint density at radius 3 is 2.59 bits per heavy atom. The summed E-state index contributed by atoms with van der Waals surface area (Å²) in [6.07, 6.45) is -1.93. The predicted octanol–water partition coefficient (Wildman–Crippen LogP) is 4.29. The van der Waals surface area contributed by atoms with Crippen molar-refractivity contribution in [3.05, 3.63) is 77.6 Å². The van der Waals surface area contributed by atoms with Gasteiger partial charge in [-0.25, -0.2) is 9.97 Å². The zero-order chi connectivity index (χ0) is 23.7. The molecule has 2 unspecified atom stereocenters. The topological polar surface area (TPSA) is 61.7 Å². The van der Waals surface area contributed by atoms with Crippen LogP contribution in [0, 0.1) is 0 Å². The Kier molecular flexibility index (Phi) is 6.14. The van der Waals surface area contributed by atoms with Gasteiger partial charge in [0.2, 0.25) is 5.88 Å². The Labute approximate surface area is 195 Å². The van der Waals surface area contributed by atoms with Gasteiger partial charge in [-0.05, 0) is 42.2 Å². The lowest BCUT2D eigenvalue weighted by molar-refractivity contribution is -0.137. The van der Waals surface area contributed by atoms with E-state index in [1.165, 1.54) is 29.6 Å². The van der Waals surface area contributed by atoms with E-state index in [1.807, 2.05) is 4.90 Å². The van der Waals surface area contributed by atoms with Crippen LogP contribution in [0.4, 0.5) is 19.0 Å². The van der Waals surface area contributed by atoms with E-state index in [-0.39, 0.29) is 17.7 Å². The average Bonchev–Trinajstić information content (AvgIpc) is 2.83. The number of hydrogen-bond donors (Lipinski definition) is 1. The fourth-order valence-electron chi connectivity index (χ4n) is 4.77. The van der Waals surface area contributed by atoms with E-state index >= 15 is 0 Å². The second kappa shape index (κ2) is 9.23. The monoisotopic (exact) mass is 470 g/mol. The minimum absolute atomic E-state index is 0.0450. The number of ether oxygens (including phenoxy) is 1. The van der Waals surface area contributed by atoms with E-state index in [9.17, 15) is 18.3 Å². The number of aliphatic hydroxyl groups excluding tert-OH is 1. The highest BCUT2D eigenvalue weighted by Gasteiger charge is 2.34. The molecule has 3 aromatic rings. The van der Waals surface area contributed by atoms with Gasteiger partial charge in [0.05, 0.1) is 11.7 Å². The van der Waals surface area contributed by atoms with Gasteiger partial charge in [-0.15, -0.1) is 0 Å². The van der Waals surface area contributed by atoms with Crippen LogP contribution in [-0.2, 0) is 19.1 Å². The molecule has 0 saturated carbocycles. The molecule has 2 aliphatic rings. The van der Waals surface area contributed by atoms with Crippen molar-refractivity contribution in [1.29, 1.82) is 0 Å². The van der Waals surface area contributed by atoms with Crippen LogP contribution >= 0.6 is 0 Å². The van der Waals surface area contributed by atoms with Gasteiger partial charge in [-0.3, -0.25) is 4.90 Å². The molecular weight excluding hydrogens is 445 g/mol. The molecule has 0 amide bonds. The molecule has 0 radical (unpaired) electrons. The number of alkyl halides is 3.